The Balaban J connectivity index is 3.50. The molecule has 0 saturated carbocycles. The van der Waals surface area contributed by atoms with Crippen molar-refractivity contribution in [1.29, 1.82) is 0 Å². The third-order valence-electron chi connectivity index (χ3n) is 10.3. The van der Waals surface area contributed by atoms with E-state index in [1.807, 2.05) is 6.08 Å². The summed E-state index contributed by atoms with van der Waals surface area (Å²) in [7, 11) is 0. The molecule has 2 atom stereocenters. The highest BCUT2D eigenvalue weighted by Gasteiger charge is 2.17. The number of carbonyl (C=O) groups excluding carboxylic acids is 1. The van der Waals surface area contributed by atoms with Gasteiger partial charge in [0.25, 0.3) is 0 Å². The van der Waals surface area contributed by atoms with Gasteiger partial charge in [0.1, 0.15) is 0 Å². The normalized spacial score (nSPS) is 13.8. The van der Waals surface area contributed by atoms with Crippen LogP contribution in [0.2, 0.25) is 0 Å². The molecule has 0 saturated heterocycles. The summed E-state index contributed by atoms with van der Waals surface area (Å²) >= 11 is 0. The first-order chi connectivity index (χ1) is 28.2. The summed E-state index contributed by atoms with van der Waals surface area (Å²) in [5.41, 5.74) is 0. The molecule has 0 aliphatic carbocycles. The van der Waals surface area contributed by atoms with E-state index in [0.29, 0.717) is 6.42 Å². The van der Waals surface area contributed by atoms with Crippen LogP contribution in [0.15, 0.2) is 97.2 Å². The first-order valence-electron chi connectivity index (χ1n) is 24.0. The van der Waals surface area contributed by atoms with Gasteiger partial charge < -0.3 is 15.5 Å². The molecule has 0 rings (SSSR count). The highest BCUT2D eigenvalue weighted by molar-refractivity contribution is 5.76. The number of hydrogen-bond donors (Lipinski definition) is 3. The summed E-state index contributed by atoms with van der Waals surface area (Å²) in [5, 5.41) is 22.8. The first-order valence-corrected chi connectivity index (χ1v) is 24.0. The van der Waals surface area contributed by atoms with Gasteiger partial charge in [-0.2, -0.15) is 0 Å². The molecule has 0 aromatic rings. The molecule has 0 aromatic carbocycles. The molecule has 3 N–H and O–H groups in total. The number of nitrogens with one attached hydrogen (secondary N) is 1. The third kappa shape index (κ3) is 44.3. The molecule has 2 unspecified atom stereocenters. The molecule has 0 heterocycles. The number of unbranched alkanes of at least 4 members (excludes halogenated alkanes) is 21. The van der Waals surface area contributed by atoms with Crippen molar-refractivity contribution >= 4 is 5.91 Å². The van der Waals surface area contributed by atoms with Gasteiger partial charge in [-0.05, 0) is 77.0 Å². The van der Waals surface area contributed by atoms with E-state index in [4.69, 9.17) is 0 Å². The number of hydrogen-bond acceptors (Lipinski definition) is 3. The number of aliphatic hydroxyl groups excluding tert-OH is 2. The van der Waals surface area contributed by atoms with Crippen LogP contribution in [0.4, 0.5) is 0 Å². The SMILES string of the molecule is CC/C=C\C/C=C\C/C=C\C/C=C\C/C=C\C/C=C\C/C=C\CCCCCCCCCCCCCCCCCC(=O)NC(CO)C(O)/C=C/CCCCCCCC. The van der Waals surface area contributed by atoms with Gasteiger partial charge in [-0.1, -0.05) is 227 Å². The van der Waals surface area contributed by atoms with E-state index in [1.54, 1.807) is 6.08 Å². The zero-order valence-corrected chi connectivity index (χ0v) is 37.3. The third-order valence-corrected chi connectivity index (χ3v) is 10.3. The molecule has 0 aliphatic heterocycles. The second kappa shape index (κ2) is 47.7. The van der Waals surface area contributed by atoms with Crippen molar-refractivity contribution in [2.24, 2.45) is 0 Å². The quantitative estimate of drug-likeness (QED) is 0.0426. The van der Waals surface area contributed by atoms with E-state index < -0.39 is 12.1 Å². The Hall–Kier alpha value is -2.69. The Labute approximate surface area is 353 Å². The lowest BCUT2D eigenvalue weighted by molar-refractivity contribution is -0.123. The second-order valence-corrected chi connectivity index (χ2v) is 15.8. The number of allylic oxidation sites excluding steroid dienone is 15. The van der Waals surface area contributed by atoms with Gasteiger partial charge in [0, 0.05) is 6.42 Å². The van der Waals surface area contributed by atoms with Gasteiger partial charge in [-0.3, -0.25) is 4.79 Å². The standard InChI is InChI=1S/C53H91NO3/c1-3-5-7-9-11-13-14-15-16-17-18-19-20-21-22-23-24-25-26-27-28-29-30-31-32-33-34-35-36-37-38-39-40-41-43-45-47-49-53(57)54-51(50-55)52(56)48-46-44-42-12-10-8-6-4-2/h5,7,11,13,15-16,18-19,21-22,24-25,27-28,46,48,51-52,55-56H,3-4,6,8-10,12,14,17,20,23,26,29-45,47,49-50H2,1-2H3,(H,54,57)/b7-5-,13-11-,16-15-,19-18-,22-21-,25-24-,28-27-,48-46+. The molecule has 0 bridgehead atoms. The van der Waals surface area contributed by atoms with Crippen LogP contribution in [0.3, 0.4) is 0 Å². The lowest BCUT2D eigenvalue weighted by Crippen LogP contribution is -2.45. The van der Waals surface area contributed by atoms with E-state index in [9.17, 15) is 15.0 Å². The van der Waals surface area contributed by atoms with Crippen LogP contribution in [-0.4, -0.2) is 34.9 Å². The van der Waals surface area contributed by atoms with Crippen LogP contribution in [0.25, 0.3) is 0 Å². The molecule has 1 amide bonds. The van der Waals surface area contributed by atoms with Gasteiger partial charge >= 0.3 is 0 Å². The lowest BCUT2D eigenvalue weighted by Gasteiger charge is -2.20. The van der Waals surface area contributed by atoms with E-state index in [2.05, 4.69) is 104 Å². The molecular formula is C53H91NO3. The van der Waals surface area contributed by atoms with Crippen molar-refractivity contribution in [1.82, 2.24) is 5.32 Å². The molecule has 0 aromatic heterocycles. The van der Waals surface area contributed by atoms with Gasteiger partial charge in [-0.25, -0.2) is 0 Å². The first kappa shape index (κ1) is 54.3. The Kier molecular flexibility index (Phi) is 45.4. The molecule has 326 valence electrons. The van der Waals surface area contributed by atoms with Crippen LogP contribution in [0, 0.1) is 0 Å². The second-order valence-electron chi connectivity index (χ2n) is 15.8. The largest absolute Gasteiger partial charge is 0.394 e. The van der Waals surface area contributed by atoms with Gasteiger partial charge in [0.05, 0.1) is 18.8 Å². The highest BCUT2D eigenvalue weighted by atomic mass is 16.3. The fourth-order valence-corrected chi connectivity index (χ4v) is 6.69. The van der Waals surface area contributed by atoms with Gasteiger partial charge in [0.15, 0.2) is 0 Å². The maximum Gasteiger partial charge on any atom is 0.220 e. The maximum absolute atomic E-state index is 12.3. The lowest BCUT2D eigenvalue weighted by atomic mass is 10.0. The van der Waals surface area contributed by atoms with Crippen LogP contribution >= 0.6 is 0 Å². The van der Waals surface area contributed by atoms with E-state index in [-0.39, 0.29) is 12.5 Å². The molecule has 4 nitrogen and oxygen atoms in total. The molecule has 57 heavy (non-hydrogen) atoms. The van der Waals surface area contributed by atoms with E-state index >= 15 is 0 Å². The predicted octanol–water partition coefficient (Wildman–Crippen LogP) is 15.4. The zero-order valence-electron chi connectivity index (χ0n) is 37.3. The van der Waals surface area contributed by atoms with Crippen molar-refractivity contribution in [3.8, 4) is 0 Å². The average Bonchev–Trinajstić information content (AvgIpc) is 3.22. The molecule has 0 aliphatic rings. The highest BCUT2D eigenvalue weighted by Crippen LogP contribution is 2.15. The van der Waals surface area contributed by atoms with Crippen molar-refractivity contribution in [2.75, 3.05) is 6.61 Å². The smallest absolute Gasteiger partial charge is 0.220 e. The molecule has 0 spiro atoms. The number of rotatable bonds is 42. The average molecular weight is 790 g/mol. The van der Waals surface area contributed by atoms with Gasteiger partial charge in [0.2, 0.25) is 5.91 Å². The minimum absolute atomic E-state index is 0.0713. The Morgan fingerprint density at radius 2 is 0.772 bits per heavy atom. The minimum Gasteiger partial charge on any atom is -0.394 e. The monoisotopic (exact) mass is 790 g/mol. The Bertz CT molecular complexity index is 1080. The minimum atomic E-state index is -0.840. The molecule has 0 fully saturated rings. The molecule has 4 heteroatoms. The van der Waals surface area contributed by atoms with Crippen molar-refractivity contribution in [2.45, 2.75) is 225 Å². The van der Waals surface area contributed by atoms with Crippen LogP contribution in [0.1, 0.15) is 213 Å². The Morgan fingerprint density at radius 1 is 0.439 bits per heavy atom. The van der Waals surface area contributed by atoms with Crippen LogP contribution in [-0.2, 0) is 4.79 Å². The summed E-state index contributed by atoms with van der Waals surface area (Å²) in [6, 6.07) is -0.623. The molecular weight excluding hydrogens is 699 g/mol. The summed E-state index contributed by atoms with van der Waals surface area (Å²) in [5.74, 6) is -0.0713. The summed E-state index contributed by atoms with van der Waals surface area (Å²) < 4.78 is 0. The molecule has 0 radical (unpaired) electrons. The van der Waals surface area contributed by atoms with Crippen molar-refractivity contribution in [3.63, 3.8) is 0 Å². The topological polar surface area (TPSA) is 69.6 Å². The maximum atomic E-state index is 12.3. The van der Waals surface area contributed by atoms with E-state index in [0.717, 1.165) is 70.6 Å². The fraction of sp³-hybridized carbons (Fsp3) is 0.679. The van der Waals surface area contributed by atoms with Crippen LogP contribution in [0.5, 0.6) is 0 Å². The number of aliphatic hydroxyl groups is 2. The summed E-state index contributed by atoms with van der Waals surface area (Å²) in [6.07, 6.45) is 71.2. The Morgan fingerprint density at radius 3 is 1.16 bits per heavy atom. The predicted molar refractivity (Wildman–Crippen MR) is 253 cm³/mol. The number of carbonyl (C=O) groups is 1. The summed E-state index contributed by atoms with van der Waals surface area (Å²) in [6.45, 7) is 4.14. The van der Waals surface area contributed by atoms with Crippen LogP contribution < -0.4 is 5.32 Å². The number of amides is 1. The van der Waals surface area contributed by atoms with Gasteiger partial charge in [-0.15, -0.1) is 0 Å². The summed E-state index contributed by atoms with van der Waals surface area (Å²) in [4.78, 5) is 12.3. The van der Waals surface area contributed by atoms with Crippen molar-refractivity contribution in [3.05, 3.63) is 97.2 Å². The van der Waals surface area contributed by atoms with Crippen molar-refractivity contribution < 1.29 is 15.0 Å². The zero-order chi connectivity index (χ0) is 41.4. The van der Waals surface area contributed by atoms with E-state index in [1.165, 1.54) is 122 Å². The fourth-order valence-electron chi connectivity index (χ4n) is 6.69.